The molecule has 8 nitrogen and oxygen atoms in total. The summed E-state index contributed by atoms with van der Waals surface area (Å²) in [6.45, 7) is 3.76. The molecule has 0 unspecified atom stereocenters. The van der Waals surface area contributed by atoms with Crippen molar-refractivity contribution in [1.29, 1.82) is 0 Å². The zero-order valence-electron chi connectivity index (χ0n) is 24.7. The first-order valence-electron chi connectivity index (χ1n) is 14.5. The summed E-state index contributed by atoms with van der Waals surface area (Å²) >= 11 is 0. The number of nitrogens with zero attached hydrogens (tertiary/aromatic N) is 4. The van der Waals surface area contributed by atoms with Crippen LogP contribution in [0.2, 0.25) is 0 Å². The van der Waals surface area contributed by atoms with Crippen molar-refractivity contribution in [2.45, 2.75) is 32.0 Å². The van der Waals surface area contributed by atoms with E-state index >= 15 is 0 Å². The molecule has 0 spiro atoms. The number of amides is 1. The molecule has 3 heterocycles. The van der Waals surface area contributed by atoms with Crippen LogP contribution in [-0.4, -0.2) is 47.2 Å². The minimum absolute atomic E-state index is 0.0754. The lowest BCUT2D eigenvalue weighted by atomic mass is 9.98. The Kier molecular flexibility index (Phi) is 8.36. The number of ether oxygens (including phenoxy) is 1. The van der Waals surface area contributed by atoms with E-state index in [1.165, 1.54) is 12.1 Å². The van der Waals surface area contributed by atoms with Gasteiger partial charge in [0, 0.05) is 43.0 Å². The van der Waals surface area contributed by atoms with E-state index in [0.29, 0.717) is 17.7 Å². The summed E-state index contributed by atoms with van der Waals surface area (Å²) in [5.41, 5.74) is 3.74. The van der Waals surface area contributed by atoms with Gasteiger partial charge < -0.3 is 20.3 Å². The Morgan fingerprint density at radius 2 is 1.73 bits per heavy atom. The molecule has 0 radical (unpaired) electrons. The first-order valence-corrected chi connectivity index (χ1v) is 14.5. The summed E-state index contributed by atoms with van der Waals surface area (Å²) in [7, 11) is 1.76. The van der Waals surface area contributed by atoms with Crippen LogP contribution in [-0.2, 0) is 10.9 Å². The fraction of sp³-hybridized carbons (Fsp3) is 0.235. The highest BCUT2D eigenvalue weighted by molar-refractivity contribution is 6.04. The van der Waals surface area contributed by atoms with Gasteiger partial charge in [-0.2, -0.15) is 13.2 Å². The van der Waals surface area contributed by atoms with E-state index in [0.717, 1.165) is 77.2 Å². The first kappa shape index (κ1) is 30.0. The Balaban J connectivity index is 1.15. The maximum Gasteiger partial charge on any atom is 0.416 e. The zero-order valence-corrected chi connectivity index (χ0v) is 24.7. The molecule has 1 aliphatic rings. The summed E-state index contributed by atoms with van der Waals surface area (Å²) < 4.78 is 44.8. The molecule has 1 amide bonds. The topological polar surface area (TPSA) is 92.3 Å². The molecule has 230 valence electrons. The highest BCUT2D eigenvalue weighted by atomic mass is 19.4. The maximum atomic E-state index is 13.1. The lowest BCUT2D eigenvalue weighted by Gasteiger charge is -2.32. The molecule has 2 aromatic heterocycles. The normalized spacial score (nSPS) is 14.0. The summed E-state index contributed by atoms with van der Waals surface area (Å²) in [6.07, 6.45) is 1.26. The number of piperidine rings is 1. The number of benzene rings is 3. The van der Waals surface area contributed by atoms with Crippen LogP contribution in [0.25, 0.3) is 22.0 Å². The third kappa shape index (κ3) is 6.88. The Bertz CT molecular complexity index is 1840. The number of anilines is 4. The summed E-state index contributed by atoms with van der Waals surface area (Å²) in [5, 5.41) is 6.76. The smallest absolute Gasteiger partial charge is 0.381 e. The molecule has 0 aliphatic carbocycles. The fourth-order valence-corrected chi connectivity index (χ4v) is 5.41. The lowest BCUT2D eigenvalue weighted by Crippen LogP contribution is -2.37. The van der Waals surface area contributed by atoms with E-state index in [1.807, 2.05) is 43.3 Å². The van der Waals surface area contributed by atoms with Crippen molar-refractivity contribution in [2.24, 2.45) is 0 Å². The molecule has 1 fully saturated rings. The van der Waals surface area contributed by atoms with Crippen LogP contribution in [0.3, 0.4) is 0 Å². The van der Waals surface area contributed by atoms with Crippen LogP contribution in [0, 0.1) is 6.92 Å². The Labute approximate surface area is 258 Å². The van der Waals surface area contributed by atoms with Crippen molar-refractivity contribution in [3.63, 3.8) is 0 Å². The highest BCUT2D eigenvalue weighted by Gasteiger charge is 2.31. The van der Waals surface area contributed by atoms with E-state index in [1.54, 1.807) is 31.6 Å². The van der Waals surface area contributed by atoms with E-state index in [9.17, 15) is 18.0 Å². The number of hydrogen-bond donors (Lipinski definition) is 2. The molecular formula is C34H31F3N6O2. The summed E-state index contributed by atoms with van der Waals surface area (Å²) in [5.74, 6) is 0.747. The number of nitrogens with one attached hydrogen (secondary N) is 2. The molecule has 1 aliphatic heterocycles. The van der Waals surface area contributed by atoms with Crippen LogP contribution < -0.4 is 15.5 Å². The summed E-state index contributed by atoms with van der Waals surface area (Å²) in [6, 6.07) is 19.5. The molecule has 0 bridgehead atoms. The largest absolute Gasteiger partial charge is 0.416 e. The number of aryl methyl sites for hydroxylation is 1. The van der Waals surface area contributed by atoms with Gasteiger partial charge in [-0.1, -0.05) is 18.2 Å². The van der Waals surface area contributed by atoms with Crippen LogP contribution >= 0.6 is 0 Å². The van der Waals surface area contributed by atoms with Gasteiger partial charge in [0.05, 0.1) is 29.1 Å². The molecule has 0 atom stereocenters. The SMILES string of the molecule is COC1CCN(c2ccc(Nc3ncc4cc(-c5cc(NC(=O)c6cccc(C(F)(F)F)c6)ccc5C)ccc4n3)cn2)CC1. The second-order valence-electron chi connectivity index (χ2n) is 11.0. The number of carbonyl (C=O) groups is 1. The van der Waals surface area contributed by atoms with Crippen LogP contribution in [0.1, 0.15) is 34.3 Å². The van der Waals surface area contributed by atoms with Crippen molar-refractivity contribution in [3.05, 3.63) is 102 Å². The van der Waals surface area contributed by atoms with Gasteiger partial charge in [0.1, 0.15) is 5.82 Å². The van der Waals surface area contributed by atoms with Crippen molar-refractivity contribution >= 4 is 40.0 Å². The quantitative estimate of drug-likeness (QED) is 0.195. The second-order valence-corrected chi connectivity index (χ2v) is 11.0. The van der Waals surface area contributed by atoms with Gasteiger partial charge in [-0.25, -0.2) is 15.0 Å². The van der Waals surface area contributed by atoms with Gasteiger partial charge >= 0.3 is 6.18 Å². The van der Waals surface area contributed by atoms with Gasteiger partial charge in [0.15, 0.2) is 0 Å². The number of fused-ring (bicyclic) bond motifs is 1. The molecular weight excluding hydrogens is 581 g/mol. The number of carbonyl (C=O) groups excluding carboxylic acids is 1. The Morgan fingerprint density at radius 1 is 0.933 bits per heavy atom. The van der Waals surface area contributed by atoms with Gasteiger partial charge in [0.25, 0.3) is 5.91 Å². The number of alkyl halides is 3. The summed E-state index contributed by atoms with van der Waals surface area (Å²) in [4.78, 5) is 28.8. The number of aromatic nitrogens is 3. The van der Waals surface area contributed by atoms with Gasteiger partial charge in [0.2, 0.25) is 5.95 Å². The van der Waals surface area contributed by atoms with Gasteiger partial charge in [-0.05, 0) is 91.1 Å². The number of pyridine rings is 1. The molecule has 5 aromatic rings. The molecule has 3 aromatic carbocycles. The first-order chi connectivity index (χ1) is 21.7. The average Bonchev–Trinajstić information content (AvgIpc) is 3.05. The highest BCUT2D eigenvalue weighted by Crippen LogP contribution is 2.32. The average molecular weight is 613 g/mol. The number of methoxy groups -OCH3 is 1. The standard InChI is InChI=1S/C34H31F3N6O2/c1-21-6-8-26(40-32(44)23-4-3-5-25(17-23)34(35,36)37)18-29(21)22-7-10-30-24(16-22)19-39-33(42-30)41-27-9-11-31(38-20-27)43-14-12-28(45-2)13-15-43/h3-11,16-20,28H,12-15H2,1-2H3,(H,40,44)(H,39,41,42). The van der Waals surface area contributed by atoms with E-state index in [2.05, 4.69) is 30.5 Å². The van der Waals surface area contributed by atoms with Crippen molar-refractivity contribution in [3.8, 4) is 11.1 Å². The fourth-order valence-electron chi connectivity index (χ4n) is 5.41. The van der Waals surface area contributed by atoms with E-state index < -0.39 is 17.6 Å². The number of rotatable bonds is 7. The van der Waals surface area contributed by atoms with Crippen LogP contribution in [0.5, 0.6) is 0 Å². The third-order valence-corrected chi connectivity index (χ3v) is 7.94. The predicted molar refractivity (Wildman–Crippen MR) is 169 cm³/mol. The third-order valence-electron chi connectivity index (χ3n) is 7.94. The number of hydrogen-bond acceptors (Lipinski definition) is 7. The van der Waals surface area contributed by atoms with Crippen molar-refractivity contribution in [1.82, 2.24) is 15.0 Å². The predicted octanol–water partition coefficient (Wildman–Crippen LogP) is 7.63. The van der Waals surface area contributed by atoms with Crippen molar-refractivity contribution in [2.75, 3.05) is 35.7 Å². The molecule has 45 heavy (non-hydrogen) atoms. The monoisotopic (exact) mass is 612 g/mol. The van der Waals surface area contributed by atoms with E-state index in [4.69, 9.17) is 4.74 Å². The zero-order chi connectivity index (χ0) is 31.6. The van der Waals surface area contributed by atoms with E-state index in [-0.39, 0.29) is 5.56 Å². The van der Waals surface area contributed by atoms with Crippen LogP contribution in [0.4, 0.5) is 36.3 Å². The molecule has 11 heteroatoms. The minimum atomic E-state index is -4.53. The molecule has 1 saturated heterocycles. The van der Waals surface area contributed by atoms with Gasteiger partial charge in [-0.15, -0.1) is 0 Å². The second kappa shape index (κ2) is 12.5. The number of halogens is 3. The van der Waals surface area contributed by atoms with Crippen molar-refractivity contribution < 1.29 is 22.7 Å². The minimum Gasteiger partial charge on any atom is -0.381 e. The van der Waals surface area contributed by atoms with Crippen LogP contribution in [0.15, 0.2) is 85.2 Å². The Hall–Kier alpha value is -5.03. The molecule has 0 saturated carbocycles. The maximum absolute atomic E-state index is 13.1. The van der Waals surface area contributed by atoms with Gasteiger partial charge in [-0.3, -0.25) is 4.79 Å². The Morgan fingerprint density at radius 3 is 2.47 bits per heavy atom. The lowest BCUT2D eigenvalue weighted by molar-refractivity contribution is -0.137. The molecule has 2 N–H and O–H groups in total. The molecule has 6 rings (SSSR count).